The molecule has 1 heterocycles. The molecule has 3 aromatic rings. The molecule has 1 aromatic heterocycles. The zero-order valence-corrected chi connectivity index (χ0v) is 15.3. The number of carbonyl (C=O) groups is 2. The minimum Gasteiger partial charge on any atom is -0.451 e. The Morgan fingerprint density at radius 1 is 1.23 bits per heavy atom. The van der Waals surface area contributed by atoms with Crippen LogP contribution in [0.25, 0.3) is 10.9 Å². The fourth-order valence-electron chi connectivity index (χ4n) is 2.53. The number of H-pyrrole nitrogens is 1. The summed E-state index contributed by atoms with van der Waals surface area (Å²) in [5.41, 5.74) is 1.58. The Morgan fingerprint density at radius 3 is 2.77 bits per heavy atom. The van der Waals surface area contributed by atoms with E-state index >= 15 is 0 Å². The number of halogens is 2. The Hall–Kier alpha value is -2.57. The zero-order chi connectivity index (χ0) is 18.7. The molecule has 0 spiro atoms. The molecule has 0 radical (unpaired) electrons. The van der Waals surface area contributed by atoms with Gasteiger partial charge >= 0.3 is 5.97 Å². The first-order valence-corrected chi connectivity index (χ1v) is 8.56. The predicted octanol–water partition coefficient (Wildman–Crippen LogP) is 3.90. The van der Waals surface area contributed by atoms with Gasteiger partial charge in [0.05, 0.1) is 11.6 Å². The van der Waals surface area contributed by atoms with Gasteiger partial charge < -0.3 is 10.1 Å². The van der Waals surface area contributed by atoms with Crippen LogP contribution >= 0.6 is 23.2 Å². The number of aromatic nitrogens is 2. The molecule has 2 N–H and O–H groups in total. The van der Waals surface area contributed by atoms with Gasteiger partial charge in [-0.2, -0.15) is 5.10 Å². The van der Waals surface area contributed by atoms with Crippen molar-refractivity contribution in [2.45, 2.75) is 13.0 Å². The maximum absolute atomic E-state index is 12.2. The number of carbonyl (C=O) groups excluding carboxylic acids is 2. The second-order valence-electron chi connectivity index (χ2n) is 5.65. The normalized spacial score (nSPS) is 12.0. The topological polar surface area (TPSA) is 84.1 Å². The van der Waals surface area contributed by atoms with E-state index in [1.54, 1.807) is 43.3 Å². The summed E-state index contributed by atoms with van der Waals surface area (Å²) in [7, 11) is 0. The van der Waals surface area contributed by atoms with Crippen LogP contribution < -0.4 is 5.32 Å². The molecule has 2 aromatic carbocycles. The summed E-state index contributed by atoms with van der Waals surface area (Å²) in [5.74, 6) is -1.12. The summed E-state index contributed by atoms with van der Waals surface area (Å²) < 4.78 is 5.05. The molecule has 0 aliphatic rings. The Bertz CT molecular complexity index is 971. The molecule has 3 rings (SSSR count). The highest BCUT2D eigenvalue weighted by atomic mass is 35.5. The lowest BCUT2D eigenvalue weighted by atomic mass is 10.1. The van der Waals surface area contributed by atoms with Crippen molar-refractivity contribution < 1.29 is 14.3 Å². The Balaban J connectivity index is 1.59. The van der Waals surface area contributed by atoms with Crippen molar-refractivity contribution in [3.8, 4) is 0 Å². The average molecular weight is 392 g/mol. The molecule has 26 heavy (non-hydrogen) atoms. The second kappa shape index (κ2) is 7.76. The minimum atomic E-state index is -0.672. The fraction of sp³-hybridized carbons (Fsp3) is 0.167. The number of esters is 1. The van der Waals surface area contributed by atoms with E-state index in [1.165, 1.54) is 0 Å². The number of ether oxygens (including phenoxy) is 1. The summed E-state index contributed by atoms with van der Waals surface area (Å²) in [6.45, 7) is 1.35. The maximum Gasteiger partial charge on any atom is 0.359 e. The molecule has 0 fully saturated rings. The number of hydrogen-bond acceptors (Lipinski definition) is 4. The SMILES string of the molecule is C[C@@H](NC(=O)COC(=O)c1n[nH]c2ccccc12)c1ccc(Cl)cc1Cl. The van der Waals surface area contributed by atoms with E-state index in [2.05, 4.69) is 15.5 Å². The third kappa shape index (κ3) is 3.98. The fourth-order valence-corrected chi connectivity index (χ4v) is 3.10. The summed E-state index contributed by atoms with van der Waals surface area (Å²) in [6, 6.07) is 11.8. The lowest BCUT2D eigenvalue weighted by Gasteiger charge is -2.16. The number of benzene rings is 2. The van der Waals surface area contributed by atoms with Crippen molar-refractivity contribution in [2.75, 3.05) is 6.61 Å². The molecule has 6 nitrogen and oxygen atoms in total. The molecule has 0 saturated heterocycles. The molecule has 0 aliphatic heterocycles. The zero-order valence-electron chi connectivity index (χ0n) is 13.8. The average Bonchev–Trinajstić information content (AvgIpc) is 3.03. The summed E-state index contributed by atoms with van der Waals surface area (Å²) in [4.78, 5) is 24.2. The van der Waals surface area contributed by atoms with Crippen LogP contribution in [0.15, 0.2) is 42.5 Å². The molecule has 0 aliphatic carbocycles. The smallest absolute Gasteiger partial charge is 0.359 e. The van der Waals surface area contributed by atoms with Crippen LogP contribution in [0.5, 0.6) is 0 Å². The standard InChI is InChI=1S/C18H15Cl2N3O3/c1-10(12-7-6-11(19)8-14(12)20)21-16(24)9-26-18(25)17-13-4-2-3-5-15(13)22-23-17/h2-8,10H,9H2,1H3,(H,21,24)(H,22,23)/t10-/m1/s1. The summed E-state index contributed by atoms with van der Waals surface area (Å²) in [5, 5.41) is 11.0. The minimum absolute atomic E-state index is 0.141. The Kier molecular flexibility index (Phi) is 5.44. The summed E-state index contributed by atoms with van der Waals surface area (Å²) >= 11 is 12.0. The molecular weight excluding hydrogens is 377 g/mol. The van der Waals surface area contributed by atoms with Gasteiger partial charge in [0.15, 0.2) is 12.3 Å². The quantitative estimate of drug-likeness (QED) is 0.645. The number of rotatable bonds is 5. The van der Waals surface area contributed by atoms with Crippen molar-refractivity contribution in [3.05, 3.63) is 63.8 Å². The number of para-hydroxylation sites is 1. The van der Waals surface area contributed by atoms with Crippen LogP contribution in [-0.2, 0) is 9.53 Å². The van der Waals surface area contributed by atoms with Gasteiger partial charge in [0, 0.05) is 15.4 Å². The van der Waals surface area contributed by atoms with E-state index in [0.717, 1.165) is 5.52 Å². The third-order valence-corrected chi connectivity index (χ3v) is 4.37. The van der Waals surface area contributed by atoms with Gasteiger partial charge in [-0.1, -0.05) is 47.5 Å². The van der Waals surface area contributed by atoms with E-state index < -0.39 is 18.5 Å². The first kappa shape index (κ1) is 18.2. The molecular formula is C18H15Cl2N3O3. The Labute approximate surface area is 159 Å². The number of amides is 1. The van der Waals surface area contributed by atoms with Crippen molar-refractivity contribution in [1.29, 1.82) is 0 Å². The van der Waals surface area contributed by atoms with E-state index in [0.29, 0.717) is 21.0 Å². The van der Waals surface area contributed by atoms with Crippen LogP contribution in [-0.4, -0.2) is 28.7 Å². The predicted molar refractivity (Wildman–Crippen MR) is 99.4 cm³/mol. The van der Waals surface area contributed by atoms with Crippen molar-refractivity contribution in [1.82, 2.24) is 15.5 Å². The van der Waals surface area contributed by atoms with E-state index in [1.807, 2.05) is 6.07 Å². The van der Waals surface area contributed by atoms with Crippen molar-refractivity contribution in [2.24, 2.45) is 0 Å². The Morgan fingerprint density at radius 2 is 2.00 bits per heavy atom. The third-order valence-electron chi connectivity index (χ3n) is 3.80. The highest BCUT2D eigenvalue weighted by Crippen LogP contribution is 2.26. The van der Waals surface area contributed by atoms with Crippen LogP contribution in [0.3, 0.4) is 0 Å². The van der Waals surface area contributed by atoms with Gasteiger partial charge in [0.2, 0.25) is 0 Å². The maximum atomic E-state index is 12.2. The number of hydrogen-bond donors (Lipinski definition) is 2. The lowest BCUT2D eigenvalue weighted by Crippen LogP contribution is -2.31. The molecule has 1 amide bonds. The monoisotopic (exact) mass is 391 g/mol. The molecule has 0 bridgehead atoms. The molecule has 1 atom stereocenters. The van der Waals surface area contributed by atoms with E-state index in [9.17, 15) is 9.59 Å². The van der Waals surface area contributed by atoms with Crippen LogP contribution in [0, 0.1) is 0 Å². The first-order chi connectivity index (χ1) is 12.5. The molecule has 8 heteroatoms. The van der Waals surface area contributed by atoms with Gasteiger partial charge in [-0.3, -0.25) is 9.89 Å². The van der Waals surface area contributed by atoms with E-state index in [4.69, 9.17) is 27.9 Å². The van der Waals surface area contributed by atoms with E-state index in [-0.39, 0.29) is 11.7 Å². The number of aromatic amines is 1. The largest absolute Gasteiger partial charge is 0.451 e. The van der Waals surface area contributed by atoms with Gasteiger partial charge in [-0.15, -0.1) is 0 Å². The van der Waals surface area contributed by atoms with Crippen LogP contribution in [0.1, 0.15) is 29.0 Å². The van der Waals surface area contributed by atoms with Gasteiger partial charge in [0.1, 0.15) is 0 Å². The van der Waals surface area contributed by atoms with Gasteiger partial charge in [-0.25, -0.2) is 4.79 Å². The number of nitrogens with one attached hydrogen (secondary N) is 2. The van der Waals surface area contributed by atoms with Crippen LogP contribution in [0.4, 0.5) is 0 Å². The highest BCUT2D eigenvalue weighted by molar-refractivity contribution is 6.35. The molecule has 134 valence electrons. The van der Waals surface area contributed by atoms with Crippen LogP contribution in [0.2, 0.25) is 10.0 Å². The highest BCUT2D eigenvalue weighted by Gasteiger charge is 2.18. The lowest BCUT2D eigenvalue weighted by molar-refractivity contribution is -0.124. The second-order valence-corrected chi connectivity index (χ2v) is 6.49. The van der Waals surface area contributed by atoms with Crippen molar-refractivity contribution >= 4 is 46.0 Å². The number of nitrogens with zero attached hydrogens (tertiary/aromatic N) is 1. The molecule has 0 unspecified atom stereocenters. The number of fused-ring (bicyclic) bond motifs is 1. The van der Waals surface area contributed by atoms with Gasteiger partial charge in [-0.05, 0) is 30.7 Å². The summed E-state index contributed by atoms with van der Waals surface area (Å²) in [6.07, 6.45) is 0. The van der Waals surface area contributed by atoms with Gasteiger partial charge in [0.25, 0.3) is 5.91 Å². The first-order valence-electron chi connectivity index (χ1n) is 7.80. The van der Waals surface area contributed by atoms with Crippen molar-refractivity contribution in [3.63, 3.8) is 0 Å². The molecule has 0 saturated carbocycles.